The molecule has 0 bridgehead atoms. The van der Waals surface area contributed by atoms with Gasteiger partial charge in [0.2, 0.25) is 0 Å². The van der Waals surface area contributed by atoms with Gasteiger partial charge in [-0.05, 0) is 29.2 Å². The fraction of sp³-hybridized carbons (Fsp3) is 0.211. The highest BCUT2D eigenvalue weighted by molar-refractivity contribution is 5.73. The third-order valence-corrected chi connectivity index (χ3v) is 3.92. The van der Waals surface area contributed by atoms with Gasteiger partial charge in [0.25, 0.3) is 0 Å². The van der Waals surface area contributed by atoms with E-state index in [9.17, 15) is 9.18 Å². The van der Waals surface area contributed by atoms with Crippen LogP contribution in [0.5, 0.6) is 0 Å². The maximum absolute atomic E-state index is 13.5. The average molecular weight is 353 g/mol. The molecule has 2 aromatic carbocycles. The molecule has 0 atom stereocenters. The zero-order valence-electron chi connectivity index (χ0n) is 14.2. The van der Waals surface area contributed by atoms with Crippen LogP contribution >= 0.6 is 0 Å². The van der Waals surface area contributed by atoms with E-state index in [0.29, 0.717) is 31.6 Å². The molecular weight excluding hydrogens is 333 g/mol. The van der Waals surface area contributed by atoms with Crippen molar-refractivity contribution in [1.29, 1.82) is 0 Å². The Morgan fingerprint density at radius 1 is 1.04 bits per heavy atom. The predicted octanol–water partition coefficient (Wildman–Crippen LogP) is 2.51. The summed E-state index contributed by atoms with van der Waals surface area (Å²) in [4.78, 5) is 15.7. The Bertz CT molecular complexity index is 833. The molecule has 1 aromatic heterocycles. The van der Waals surface area contributed by atoms with E-state index in [2.05, 4.69) is 20.7 Å². The second-order valence-corrected chi connectivity index (χ2v) is 5.86. The van der Waals surface area contributed by atoms with Crippen LogP contribution in [0.2, 0.25) is 0 Å². The van der Waals surface area contributed by atoms with E-state index < -0.39 is 0 Å². The Kier molecular flexibility index (Phi) is 5.92. The molecule has 0 unspecified atom stereocenters. The van der Waals surface area contributed by atoms with Crippen molar-refractivity contribution in [2.24, 2.45) is 0 Å². The monoisotopic (exact) mass is 353 g/mol. The van der Waals surface area contributed by atoms with Crippen molar-refractivity contribution in [3.05, 3.63) is 83.7 Å². The molecule has 26 heavy (non-hydrogen) atoms. The Labute approximate surface area is 151 Å². The van der Waals surface area contributed by atoms with Gasteiger partial charge in [0.15, 0.2) is 0 Å². The van der Waals surface area contributed by atoms with E-state index in [4.69, 9.17) is 0 Å². The maximum Gasteiger partial charge on any atom is 0.315 e. The van der Waals surface area contributed by atoms with E-state index in [1.54, 1.807) is 29.2 Å². The summed E-state index contributed by atoms with van der Waals surface area (Å²) in [6, 6.07) is 14.2. The van der Waals surface area contributed by atoms with Crippen molar-refractivity contribution in [2.75, 3.05) is 6.54 Å². The highest BCUT2D eigenvalue weighted by atomic mass is 19.1. The number of urea groups is 1. The molecule has 6 nitrogen and oxygen atoms in total. The summed E-state index contributed by atoms with van der Waals surface area (Å²) in [5, 5.41) is 9.59. The first-order valence-corrected chi connectivity index (χ1v) is 8.36. The van der Waals surface area contributed by atoms with Crippen LogP contribution in [0.4, 0.5) is 9.18 Å². The van der Waals surface area contributed by atoms with Crippen molar-refractivity contribution >= 4 is 6.03 Å². The summed E-state index contributed by atoms with van der Waals surface area (Å²) in [5.74, 6) is -0.249. The number of nitrogens with zero attached hydrogens (tertiary/aromatic N) is 3. The lowest BCUT2D eigenvalue weighted by atomic mass is 10.1. The number of carbonyl (C=O) groups is 1. The fourth-order valence-corrected chi connectivity index (χ4v) is 2.52. The lowest BCUT2D eigenvalue weighted by molar-refractivity contribution is 0.240. The number of hydrogen-bond donors (Lipinski definition) is 2. The van der Waals surface area contributed by atoms with Crippen LogP contribution in [0.25, 0.3) is 0 Å². The smallest absolute Gasteiger partial charge is 0.315 e. The first kappa shape index (κ1) is 17.6. The fourth-order valence-electron chi connectivity index (χ4n) is 2.52. The highest BCUT2D eigenvalue weighted by Gasteiger charge is 2.03. The van der Waals surface area contributed by atoms with Gasteiger partial charge in [0.05, 0.1) is 6.54 Å². The maximum atomic E-state index is 13.5. The lowest BCUT2D eigenvalue weighted by Gasteiger charge is -2.09. The number of benzene rings is 2. The topological polar surface area (TPSA) is 71.8 Å². The molecule has 0 aliphatic rings. The Morgan fingerprint density at radius 2 is 1.81 bits per heavy atom. The molecule has 2 N–H and O–H groups in total. The molecule has 3 aromatic rings. The van der Waals surface area contributed by atoms with Crippen LogP contribution in [-0.2, 0) is 19.5 Å². The number of hydrogen-bond acceptors (Lipinski definition) is 3. The number of carbonyl (C=O) groups excluding carboxylic acids is 1. The molecule has 0 aliphatic heterocycles. The molecule has 0 aliphatic carbocycles. The standard InChI is InChI=1S/C19H20FN5O/c20-18-4-2-1-3-17(18)9-10-22-19(26)23-11-15-5-7-16(8-6-15)12-25-14-21-13-24-25/h1-8,13-14H,9-12H2,(H2,22,23,26). The van der Waals surface area contributed by atoms with Crippen LogP contribution in [-0.4, -0.2) is 27.3 Å². The molecule has 0 saturated carbocycles. The number of amides is 2. The SMILES string of the molecule is O=C(NCCc1ccccc1F)NCc1ccc(Cn2cncn2)cc1. The van der Waals surface area contributed by atoms with E-state index in [-0.39, 0.29) is 11.8 Å². The minimum atomic E-state index is -0.270. The molecule has 1 heterocycles. The number of nitrogens with one attached hydrogen (secondary N) is 2. The van der Waals surface area contributed by atoms with Gasteiger partial charge >= 0.3 is 6.03 Å². The summed E-state index contributed by atoms with van der Waals surface area (Å²) in [7, 11) is 0. The Hall–Kier alpha value is -3.22. The summed E-state index contributed by atoms with van der Waals surface area (Å²) >= 11 is 0. The van der Waals surface area contributed by atoms with Crippen molar-refractivity contribution in [3.8, 4) is 0 Å². The Morgan fingerprint density at radius 3 is 2.54 bits per heavy atom. The molecule has 7 heteroatoms. The van der Waals surface area contributed by atoms with Crippen LogP contribution in [0.3, 0.4) is 0 Å². The van der Waals surface area contributed by atoms with Gasteiger partial charge in [0, 0.05) is 13.1 Å². The van der Waals surface area contributed by atoms with Crippen molar-refractivity contribution < 1.29 is 9.18 Å². The third-order valence-electron chi connectivity index (χ3n) is 3.92. The van der Waals surface area contributed by atoms with Crippen LogP contribution in [0.15, 0.2) is 61.2 Å². The van der Waals surface area contributed by atoms with Gasteiger partial charge in [-0.3, -0.25) is 0 Å². The molecular formula is C19H20FN5O. The zero-order valence-corrected chi connectivity index (χ0v) is 14.2. The van der Waals surface area contributed by atoms with Crippen molar-refractivity contribution in [1.82, 2.24) is 25.4 Å². The van der Waals surface area contributed by atoms with Crippen LogP contribution < -0.4 is 10.6 Å². The molecule has 134 valence electrons. The molecule has 0 saturated heterocycles. The van der Waals surface area contributed by atoms with E-state index in [0.717, 1.165) is 11.1 Å². The van der Waals surface area contributed by atoms with Crippen LogP contribution in [0.1, 0.15) is 16.7 Å². The highest BCUT2D eigenvalue weighted by Crippen LogP contribution is 2.07. The summed E-state index contributed by atoms with van der Waals surface area (Å²) in [5.41, 5.74) is 2.70. The minimum Gasteiger partial charge on any atom is -0.338 e. The van der Waals surface area contributed by atoms with E-state index in [1.165, 1.54) is 12.4 Å². The molecule has 0 spiro atoms. The average Bonchev–Trinajstić information content (AvgIpc) is 3.16. The van der Waals surface area contributed by atoms with Gasteiger partial charge in [-0.2, -0.15) is 5.10 Å². The van der Waals surface area contributed by atoms with Gasteiger partial charge in [-0.1, -0.05) is 42.5 Å². The van der Waals surface area contributed by atoms with Gasteiger partial charge < -0.3 is 10.6 Å². The molecule has 3 rings (SSSR count). The molecule has 0 fully saturated rings. The number of rotatable bonds is 7. The van der Waals surface area contributed by atoms with Gasteiger partial charge in [-0.15, -0.1) is 0 Å². The third kappa shape index (κ3) is 5.14. The largest absolute Gasteiger partial charge is 0.338 e. The van der Waals surface area contributed by atoms with Crippen LogP contribution in [0, 0.1) is 5.82 Å². The summed E-state index contributed by atoms with van der Waals surface area (Å²) in [6.07, 6.45) is 3.63. The second kappa shape index (κ2) is 8.75. The first-order valence-electron chi connectivity index (χ1n) is 8.36. The number of halogens is 1. The Balaban J connectivity index is 1.39. The number of aromatic nitrogens is 3. The van der Waals surface area contributed by atoms with E-state index in [1.807, 2.05) is 24.3 Å². The van der Waals surface area contributed by atoms with Crippen molar-refractivity contribution in [3.63, 3.8) is 0 Å². The molecule has 0 radical (unpaired) electrons. The molecule has 2 amide bonds. The minimum absolute atomic E-state index is 0.249. The summed E-state index contributed by atoms with van der Waals surface area (Å²) in [6.45, 7) is 1.46. The van der Waals surface area contributed by atoms with Gasteiger partial charge in [-0.25, -0.2) is 18.9 Å². The normalized spacial score (nSPS) is 10.5. The first-order chi connectivity index (χ1) is 12.7. The van der Waals surface area contributed by atoms with Crippen molar-refractivity contribution in [2.45, 2.75) is 19.5 Å². The van der Waals surface area contributed by atoms with E-state index >= 15 is 0 Å². The second-order valence-electron chi connectivity index (χ2n) is 5.86. The quantitative estimate of drug-likeness (QED) is 0.686. The summed E-state index contributed by atoms with van der Waals surface area (Å²) < 4.78 is 15.2. The predicted molar refractivity (Wildman–Crippen MR) is 95.9 cm³/mol. The van der Waals surface area contributed by atoms with Gasteiger partial charge in [0.1, 0.15) is 18.5 Å². The zero-order chi connectivity index (χ0) is 18.2. The lowest BCUT2D eigenvalue weighted by Crippen LogP contribution is -2.36.